The van der Waals surface area contributed by atoms with Crippen molar-refractivity contribution < 1.29 is 5.11 Å². The van der Waals surface area contributed by atoms with Crippen LogP contribution < -0.4 is 0 Å². The number of fused-ring (bicyclic) bond motifs is 3. The predicted octanol–water partition coefficient (Wildman–Crippen LogP) is 3.43. The van der Waals surface area contributed by atoms with E-state index in [1.54, 1.807) is 0 Å². The van der Waals surface area contributed by atoms with Crippen LogP contribution in [0.2, 0.25) is 0 Å². The Morgan fingerprint density at radius 2 is 1.78 bits per heavy atom. The molecule has 23 heavy (non-hydrogen) atoms. The second-order valence-corrected chi connectivity index (χ2v) is 5.77. The molecule has 4 heteroatoms. The van der Waals surface area contributed by atoms with Gasteiger partial charge >= 0.3 is 0 Å². The SMILES string of the molecule is Cc1ncc2ccc3c(ccn3Cc3ccc(CO)cc3)c2n1. The van der Waals surface area contributed by atoms with E-state index in [9.17, 15) is 0 Å². The largest absolute Gasteiger partial charge is 0.392 e. The fourth-order valence-corrected chi connectivity index (χ4v) is 2.94. The molecule has 1 N–H and O–H groups in total. The molecule has 0 amide bonds. The molecule has 4 aromatic rings. The van der Waals surface area contributed by atoms with E-state index in [1.807, 2.05) is 25.3 Å². The van der Waals surface area contributed by atoms with Gasteiger partial charge in [0.15, 0.2) is 0 Å². The highest BCUT2D eigenvalue weighted by Gasteiger charge is 2.07. The predicted molar refractivity (Wildman–Crippen MR) is 91.2 cm³/mol. The lowest BCUT2D eigenvalue weighted by atomic mass is 10.1. The lowest BCUT2D eigenvalue weighted by Crippen LogP contribution is -1.98. The number of hydrogen-bond donors (Lipinski definition) is 1. The van der Waals surface area contributed by atoms with Crippen molar-refractivity contribution in [3.8, 4) is 0 Å². The van der Waals surface area contributed by atoms with Gasteiger partial charge in [-0.15, -0.1) is 0 Å². The van der Waals surface area contributed by atoms with Crippen molar-refractivity contribution in [2.75, 3.05) is 0 Å². The van der Waals surface area contributed by atoms with E-state index in [1.165, 1.54) is 11.1 Å². The topological polar surface area (TPSA) is 50.9 Å². The Labute approximate surface area is 134 Å². The minimum Gasteiger partial charge on any atom is -0.392 e. The number of aliphatic hydroxyl groups excluding tert-OH is 1. The van der Waals surface area contributed by atoms with E-state index < -0.39 is 0 Å². The van der Waals surface area contributed by atoms with Gasteiger partial charge in [0.2, 0.25) is 0 Å². The van der Waals surface area contributed by atoms with Crippen LogP contribution in [0.5, 0.6) is 0 Å². The minimum absolute atomic E-state index is 0.0811. The third-order valence-corrected chi connectivity index (χ3v) is 4.18. The molecule has 0 saturated carbocycles. The minimum atomic E-state index is 0.0811. The van der Waals surface area contributed by atoms with Crippen LogP contribution >= 0.6 is 0 Å². The van der Waals surface area contributed by atoms with E-state index in [-0.39, 0.29) is 6.61 Å². The van der Waals surface area contributed by atoms with Gasteiger partial charge in [-0.25, -0.2) is 9.97 Å². The van der Waals surface area contributed by atoms with Crippen LogP contribution in [0.1, 0.15) is 17.0 Å². The van der Waals surface area contributed by atoms with Gasteiger partial charge in [0.1, 0.15) is 5.82 Å². The third kappa shape index (κ3) is 2.47. The summed E-state index contributed by atoms with van der Waals surface area (Å²) in [7, 11) is 0. The summed E-state index contributed by atoms with van der Waals surface area (Å²) in [5.74, 6) is 0.789. The summed E-state index contributed by atoms with van der Waals surface area (Å²) in [6.07, 6.45) is 3.98. The van der Waals surface area contributed by atoms with Crippen LogP contribution in [-0.4, -0.2) is 19.6 Å². The fraction of sp³-hybridized carbons (Fsp3) is 0.158. The summed E-state index contributed by atoms with van der Waals surface area (Å²) in [5.41, 5.74) is 4.31. The van der Waals surface area contributed by atoms with Gasteiger partial charge in [-0.3, -0.25) is 0 Å². The zero-order chi connectivity index (χ0) is 15.8. The van der Waals surface area contributed by atoms with Crippen molar-refractivity contribution in [2.24, 2.45) is 0 Å². The molecule has 0 spiro atoms. The number of nitrogens with zero attached hydrogens (tertiary/aromatic N) is 3. The second kappa shape index (κ2) is 5.48. The quantitative estimate of drug-likeness (QED) is 0.631. The van der Waals surface area contributed by atoms with Gasteiger partial charge < -0.3 is 9.67 Å². The van der Waals surface area contributed by atoms with Crippen LogP contribution in [0.4, 0.5) is 0 Å². The molecular formula is C19H17N3O. The molecule has 2 aromatic carbocycles. The zero-order valence-corrected chi connectivity index (χ0v) is 12.9. The average molecular weight is 303 g/mol. The molecule has 2 aromatic heterocycles. The van der Waals surface area contributed by atoms with E-state index >= 15 is 0 Å². The van der Waals surface area contributed by atoms with Crippen LogP contribution in [-0.2, 0) is 13.2 Å². The maximum Gasteiger partial charge on any atom is 0.125 e. The first kappa shape index (κ1) is 13.9. The van der Waals surface area contributed by atoms with Gasteiger partial charge in [0.25, 0.3) is 0 Å². The lowest BCUT2D eigenvalue weighted by molar-refractivity contribution is 0.282. The van der Waals surface area contributed by atoms with Crippen LogP contribution in [0, 0.1) is 6.92 Å². The third-order valence-electron chi connectivity index (χ3n) is 4.18. The number of aryl methyl sites for hydroxylation is 1. The highest BCUT2D eigenvalue weighted by molar-refractivity contribution is 6.04. The molecule has 0 aliphatic carbocycles. The Bertz CT molecular complexity index is 987. The van der Waals surface area contributed by atoms with Crippen molar-refractivity contribution in [2.45, 2.75) is 20.1 Å². The Morgan fingerprint density at radius 1 is 1.00 bits per heavy atom. The Morgan fingerprint density at radius 3 is 2.57 bits per heavy atom. The Balaban J connectivity index is 1.78. The molecule has 0 radical (unpaired) electrons. The summed E-state index contributed by atoms with van der Waals surface area (Å²) in [5, 5.41) is 11.3. The molecule has 4 nitrogen and oxygen atoms in total. The molecule has 2 heterocycles. The first-order chi connectivity index (χ1) is 11.2. The van der Waals surface area contributed by atoms with Crippen molar-refractivity contribution in [3.63, 3.8) is 0 Å². The van der Waals surface area contributed by atoms with Crippen LogP contribution in [0.3, 0.4) is 0 Å². The number of benzene rings is 2. The fourth-order valence-electron chi connectivity index (χ4n) is 2.94. The highest BCUT2D eigenvalue weighted by Crippen LogP contribution is 2.25. The summed E-state index contributed by atoms with van der Waals surface area (Å²) < 4.78 is 2.22. The maximum absolute atomic E-state index is 9.13. The van der Waals surface area contributed by atoms with Crippen molar-refractivity contribution >= 4 is 21.8 Å². The van der Waals surface area contributed by atoms with Gasteiger partial charge in [-0.1, -0.05) is 24.3 Å². The van der Waals surface area contributed by atoms with Gasteiger partial charge in [0, 0.05) is 29.7 Å². The van der Waals surface area contributed by atoms with E-state index in [2.05, 4.69) is 51.1 Å². The Hall–Kier alpha value is -2.72. The summed E-state index contributed by atoms with van der Waals surface area (Å²) in [6, 6.07) is 14.4. The molecule has 0 saturated heterocycles. The van der Waals surface area contributed by atoms with E-state index in [0.29, 0.717) is 0 Å². The maximum atomic E-state index is 9.13. The number of aromatic nitrogens is 3. The highest BCUT2D eigenvalue weighted by atomic mass is 16.3. The molecule has 114 valence electrons. The van der Waals surface area contributed by atoms with Gasteiger partial charge in [-0.05, 0) is 36.2 Å². The summed E-state index contributed by atoms with van der Waals surface area (Å²) in [6.45, 7) is 2.79. The molecule has 0 atom stereocenters. The van der Waals surface area contributed by atoms with Crippen molar-refractivity contribution in [3.05, 3.63) is 71.8 Å². The smallest absolute Gasteiger partial charge is 0.125 e. The van der Waals surface area contributed by atoms with Gasteiger partial charge in [0.05, 0.1) is 17.6 Å². The molecule has 0 aliphatic heterocycles. The first-order valence-corrected chi connectivity index (χ1v) is 7.64. The molecule has 0 aliphatic rings. The standard InChI is InChI=1S/C19H17N3O/c1-13-20-10-16-6-7-18-17(19(16)21-13)8-9-22(18)11-14-2-4-15(12-23)5-3-14/h2-10,23H,11-12H2,1H3. The Kier molecular flexibility index (Phi) is 3.32. The molecule has 0 unspecified atom stereocenters. The summed E-state index contributed by atoms with van der Waals surface area (Å²) >= 11 is 0. The number of aliphatic hydroxyl groups is 1. The van der Waals surface area contributed by atoms with Crippen LogP contribution in [0.15, 0.2) is 54.9 Å². The zero-order valence-electron chi connectivity index (χ0n) is 12.9. The molecular weight excluding hydrogens is 286 g/mol. The van der Waals surface area contributed by atoms with E-state index in [0.717, 1.165) is 34.2 Å². The van der Waals surface area contributed by atoms with Crippen LogP contribution in [0.25, 0.3) is 21.8 Å². The lowest BCUT2D eigenvalue weighted by Gasteiger charge is -2.07. The van der Waals surface area contributed by atoms with Gasteiger partial charge in [-0.2, -0.15) is 0 Å². The number of hydrogen-bond acceptors (Lipinski definition) is 3. The molecule has 0 bridgehead atoms. The normalized spacial score (nSPS) is 11.4. The molecule has 4 rings (SSSR count). The second-order valence-electron chi connectivity index (χ2n) is 5.77. The summed E-state index contributed by atoms with van der Waals surface area (Å²) in [4.78, 5) is 8.86. The monoisotopic (exact) mass is 303 g/mol. The van der Waals surface area contributed by atoms with Crippen molar-refractivity contribution in [1.29, 1.82) is 0 Å². The van der Waals surface area contributed by atoms with E-state index in [4.69, 9.17) is 5.11 Å². The van der Waals surface area contributed by atoms with Crippen molar-refractivity contribution in [1.82, 2.24) is 14.5 Å². The first-order valence-electron chi connectivity index (χ1n) is 7.64. The average Bonchev–Trinajstić information content (AvgIpc) is 2.99. The molecule has 0 fully saturated rings. The number of rotatable bonds is 3.